The minimum Gasteiger partial charge on any atom is -0.502 e. The number of rotatable bonds is 6. The van der Waals surface area contributed by atoms with Crippen LogP contribution in [-0.2, 0) is 19.6 Å². The Morgan fingerprint density at radius 3 is 2.67 bits per heavy atom. The first-order chi connectivity index (χ1) is 11.4. The molecule has 0 aliphatic heterocycles. The molecule has 2 N–H and O–H groups in total. The molecule has 2 aromatic rings. The zero-order chi connectivity index (χ0) is 17.6. The first-order valence-electron chi connectivity index (χ1n) is 6.91. The highest BCUT2D eigenvalue weighted by molar-refractivity contribution is 7.92. The lowest BCUT2D eigenvalue weighted by Gasteiger charge is -2.06. The molecule has 0 saturated heterocycles. The summed E-state index contributed by atoms with van der Waals surface area (Å²) in [5.74, 6) is -1.74. The molecule has 0 radical (unpaired) electrons. The largest absolute Gasteiger partial charge is 0.502 e. The topological polar surface area (TPSA) is 118 Å². The molecule has 1 aromatic carbocycles. The predicted octanol–water partition coefficient (Wildman–Crippen LogP) is 1.74. The third-order valence-corrected chi connectivity index (χ3v) is 4.07. The molecule has 2 rings (SSSR count). The van der Waals surface area contributed by atoms with Crippen molar-refractivity contribution in [2.24, 2.45) is 0 Å². The van der Waals surface area contributed by atoms with Crippen molar-refractivity contribution >= 4 is 28.0 Å². The average molecular weight is 349 g/mol. The van der Waals surface area contributed by atoms with Crippen LogP contribution in [0.2, 0.25) is 0 Å². The summed E-state index contributed by atoms with van der Waals surface area (Å²) < 4.78 is 31.3. The molecule has 0 atom stereocenters. The number of hydrogen-bond donors (Lipinski definition) is 2. The van der Waals surface area contributed by atoms with Gasteiger partial charge in [0.25, 0.3) is 10.0 Å². The van der Waals surface area contributed by atoms with Gasteiger partial charge in [-0.1, -0.05) is 18.2 Å². The Morgan fingerprint density at radius 2 is 2.00 bits per heavy atom. The van der Waals surface area contributed by atoms with Gasteiger partial charge in [-0.25, -0.2) is 27.9 Å². The molecule has 0 aliphatic rings. The van der Waals surface area contributed by atoms with Crippen LogP contribution in [0.5, 0.6) is 0 Å². The number of aromatic nitrogens is 2. The summed E-state index contributed by atoms with van der Waals surface area (Å²) in [5.41, 5.74) is 0.140. The standard InChI is InChI=1S/C15H15N3O5S/c1-2-23-14(20)13(19)10-11-8-9-16-15(17-11)18-24(21,22)12-6-4-3-5-7-12/h3-10,19H,2H2,1H3,(H,16,17,18). The zero-order valence-electron chi connectivity index (χ0n) is 12.7. The third kappa shape index (κ3) is 4.53. The quantitative estimate of drug-likeness (QED) is 0.463. The SMILES string of the molecule is CCOC(=O)C(O)=Cc1ccnc(NS(=O)(=O)c2ccccc2)n1. The van der Waals surface area contributed by atoms with E-state index < -0.39 is 21.8 Å². The van der Waals surface area contributed by atoms with Gasteiger partial charge in [0.2, 0.25) is 11.7 Å². The van der Waals surface area contributed by atoms with E-state index in [1.54, 1.807) is 25.1 Å². The summed E-state index contributed by atoms with van der Waals surface area (Å²) in [5, 5.41) is 9.59. The molecule has 0 unspecified atom stereocenters. The fraction of sp³-hybridized carbons (Fsp3) is 0.133. The van der Waals surface area contributed by atoms with Gasteiger partial charge >= 0.3 is 5.97 Å². The van der Waals surface area contributed by atoms with Crippen LogP contribution in [0.1, 0.15) is 12.6 Å². The summed E-state index contributed by atoms with van der Waals surface area (Å²) in [6.45, 7) is 1.72. The number of esters is 1. The van der Waals surface area contributed by atoms with Crippen molar-refractivity contribution in [1.29, 1.82) is 0 Å². The number of benzene rings is 1. The highest BCUT2D eigenvalue weighted by Gasteiger charge is 2.15. The second-order valence-electron chi connectivity index (χ2n) is 4.47. The number of hydrogen-bond acceptors (Lipinski definition) is 7. The summed E-state index contributed by atoms with van der Waals surface area (Å²) in [6.07, 6.45) is 2.35. The van der Waals surface area contributed by atoms with Crippen LogP contribution in [0.25, 0.3) is 6.08 Å². The lowest BCUT2D eigenvalue weighted by Crippen LogP contribution is -2.15. The van der Waals surface area contributed by atoms with Crippen LogP contribution in [0.4, 0.5) is 5.95 Å². The van der Waals surface area contributed by atoms with Crippen LogP contribution in [-0.4, -0.2) is 36.1 Å². The van der Waals surface area contributed by atoms with Gasteiger partial charge in [-0.3, -0.25) is 0 Å². The molecular formula is C15H15N3O5S. The number of carbonyl (C=O) groups is 1. The van der Waals surface area contributed by atoms with E-state index in [1.807, 2.05) is 0 Å². The van der Waals surface area contributed by atoms with Crippen molar-refractivity contribution in [3.8, 4) is 0 Å². The molecular weight excluding hydrogens is 334 g/mol. The summed E-state index contributed by atoms with van der Waals surface area (Å²) >= 11 is 0. The molecule has 24 heavy (non-hydrogen) atoms. The Kier molecular flexibility index (Phi) is 5.48. The molecule has 8 nitrogen and oxygen atoms in total. The van der Waals surface area contributed by atoms with Gasteiger partial charge < -0.3 is 9.84 Å². The summed E-state index contributed by atoms with van der Waals surface area (Å²) in [4.78, 5) is 19.1. The van der Waals surface area contributed by atoms with Gasteiger partial charge in [-0.2, -0.15) is 0 Å². The van der Waals surface area contributed by atoms with Crippen LogP contribution in [0, 0.1) is 0 Å². The van der Waals surface area contributed by atoms with Crippen LogP contribution in [0.3, 0.4) is 0 Å². The van der Waals surface area contributed by atoms with E-state index in [4.69, 9.17) is 0 Å². The lowest BCUT2D eigenvalue weighted by molar-refractivity contribution is -0.141. The van der Waals surface area contributed by atoms with Gasteiger partial charge in [0, 0.05) is 12.3 Å². The van der Waals surface area contributed by atoms with E-state index in [0.717, 1.165) is 6.08 Å². The number of aliphatic hydroxyl groups is 1. The Bertz CT molecular complexity index is 850. The minimum absolute atomic E-state index is 0.0592. The van der Waals surface area contributed by atoms with Gasteiger partial charge in [-0.05, 0) is 25.1 Å². The summed E-state index contributed by atoms with van der Waals surface area (Å²) in [6, 6.07) is 9.13. The Hall–Kier alpha value is -2.94. The predicted molar refractivity (Wildman–Crippen MR) is 86.5 cm³/mol. The fourth-order valence-electron chi connectivity index (χ4n) is 1.69. The minimum atomic E-state index is -3.83. The molecule has 1 aromatic heterocycles. The van der Waals surface area contributed by atoms with Gasteiger partial charge in [0.1, 0.15) is 0 Å². The van der Waals surface area contributed by atoms with Crippen LogP contribution in [0.15, 0.2) is 53.2 Å². The van der Waals surface area contributed by atoms with Gasteiger partial charge in [0.05, 0.1) is 17.2 Å². The highest BCUT2D eigenvalue weighted by atomic mass is 32.2. The van der Waals surface area contributed by atoms with Crippen molar-refractivity contribution in [2.45, 2.75) is 11.8 Å². The fourth-order valence-corrected chi connectivity index (χ4v) is 2.66. The van der Waals surface area contributed by atoms with Crippen LogP contribution < -0.4 is 4.72 Å². The maximum Gasteiger partial charge on any atom is 0.373 e. The number of nitrogens with zero attached hydrogens (tertiary/aromatic N) is 2. The van der Waals surface area contributed by atoms with E-state index in [0.29, 0.717) is 0 Å². The van der Waals surface area contributed by atoms with Crippen molar-refractivity contribution < 1.29 is 23.1 Å². The van der Waals surface area contributed by atoms with E-state index in [-0.39, 0.29) is 23.1 Å². The maximum absolute atomic E-state index is 12.2. The second-order valence-corrected chi connectivity index (χ2v) is 6.16. The van der Waals surface area contributed by atoms with Crippen molar-refractivity contribution in [3.05, 3.63) is 54.0 Å². The van der Waals surface area contributed by atoms with E-state index in [1.165, 1.54) is 24.4 Å². The zero-order valence-corrected chi connectivity index (χ0v) is 13.5. The van der Waals surface area contributed by atoms with Crippen molar-refractivity contribution in [1.82, 2.24) is 9.97 Å². The molecule has 0 amide bonds. The number of aliphatic hydroxyl groups excluding tert-OH is 1. The lowest BCUT2D eigenvalue weighted by atomic mass is 10.3. The smallest absolute Gasteiger partial charge is 0.373 e. The monoisotopic (exact) mass is 349 g/mol. The molecule has 0 fully saturated rings. The Balaban J connectivity index is 2.22. The van der Waals surface area contributed by atoms with Gasteiger partial charge in [-0.15, -0.1) is 0 Å². The van der Waals surface area contributed by atoms with Crippen molar-refractivity contribution in [3.63, 3.8) is 0 Å². The first kappa shape index (κ1) is 17.4. The van der Waals surface area contributed by atoms with Crippen LogP contribution >= 0.6 is 0 Å². The molecule has 0 aliphatic carbocycles. The second kappa shape index (κ2) is 7.55. The van der Waals surface area contributed by atoms with Gasteiger partial charge in [0.15, 0.2) is 0 Å². The molecule has 0 saturated carbocycles. The number of sulfonamides is 1. The molecule has 0 bridgehead atoms. The molecule has 9 heteroatoms. The summed E-state index contributed by atoms with van der Waals surface area (Å²) in [7, 11) is -3.83. The first-order valence-corrected chi connectivity index (χ1v) is 8.39. The number of carbonyl (C=O) groups excluding carboxylic acids is 1. The van der Waals surface area contributed by atoms with E-state index >= 15 is 0 Å². The normalized spacial score (nSPS) is 11.8. The third-order valence-electron chi connectivity index (χ3n) is 2.73. The van der Waals surface area contributed by atoms with Crippen molar-refractivity contribution in [2.75, 3.05) is 11.3 Å². The Labute approximate surface area is 138 Å². The number of ether oxygens (including phenoxy) is 1. The number of anilines is 1. The molecule has 0 spiro atoms. The molecule has 126 valence electrons. The molecule has 1 heterocycles. The van der Waals surface area contributed by atoms with E-state index in [9.17, 15) is 18.3 Å². The highest BCUT2D eigenvalue weighted by Crippen LogP contribution is 2.13. The van der Waals surface area contributed by atoms with E-state index in [2.05, 4.69) is 19.4 Å². The average Bonchev–Trinajstić information content (AvgIpc) is 2.56. The number of nitrogens with one attached hydrogen (secondary N) is 1. The maximum atomic E-state index is 12.2. The Morgan fingerprint density at radius 1 is 1.29 bits per heavy atom.